The Labute approximate surface area is 102 Å². The summed E-state index contributed by atoms with van der Waals surface area (Å²) in [4.78, 5) is 18.2. The van der Waals surface area contributed by atoms with Crippen molar-refractivity contribution in [2.75, 3.05) is 13.1 Å². The van der Waals surface area contributed by atoms with Gasteiger partial charge in [-0.2, -0.15) is 0 Å². The van der Waals surface area contributed by atoms with Gasteiger partial charge in [-0.05, 0) is 37.3 Å². The SMILES string of the molecule is CCN(CC1CC1)C(=O)c1ccc(CN)cn1. The Bertz CT molecular complexity index is 384. The number of carbonyl (C=O) groups is 1. The van der Waals surface area contributed by atoms with E-state index in [0.29, 0.717) is 18.2 Å². The van der Waals surface area contributed by atoms with E-state index in [0.717, 1.165) is 18.7 Å². The first-order valence-electron chi connectivity index (χ1n) is 6.19. The van der Waals surface area contributed by atoms with Crippen molar-refractivity contribution in [2.45, 2.75) is 26.3 Å². The first-order chi connectivity index (χ1) is 8.24. The lowest BCUT2D eigenvalue weighted by Gasteiger charge is -2.20. The Morgan fingerprint density at radius 2 is 2.29 bits per heavy atom. The Kier molecular flexibility index (Phi) is 3.74. The molecule has 1 aliphatic carbocycles. The van der Waals surface area contributed by atoms with Crippen LogP contribution in [0.15, 0.2) is 18.3 Å². The van der Waals surface area contributed by atoms with E-state index < -0.39 is 0 Å². The molecule has 1 heterocycles. The van der Waals surface area contributed by atoms with Crippen molar-refractivity contribution >= 4 is 5.91 Å². The third kappa shape index (κ3) is 3.03. The molecule has 0 aliphatic heterocycles. The Balaban J connectivity index is 2.04. The fourth-order valence-corrected chi connectivity index (χ4v) is 1.80. The molecule has 1 aromatic heterocycles. The molecule has 0 atom stereocenters. The zero-order valence-corrected chi connectivity index (χ0v) is 10.2. The zero-order valence-electron chi connectivity index (χ0n) is 10.2. The van der Waals surface area contributed by atoms with Gasteiger partial charge in [-0.25, -0.2) is 0 Å². The van der Waals surface area contributed by atoms with Crippen LogP contribution in [0.25, 0.3) is 0 Å². The summed E-state index contributed by atoms with van der Waals surface area (Å²) in [6, 6.07) is 3.63. The standard InChI is InChI=1S/C13H19N3O/c1-2-16(9-10-3-4-10)13(17)12-6-5-11(7-14)8-15-12/h5-6,8,10H,2-4,7,9,14H2,1H3. The number of carbonyl (C=O) groups excluding carboxylic acids is 1. The molecule has 1 amide bonds. The van der Waals surface area contributed by atoms with Crippen molar-refractivity contribution in [1.29, 1.82) is 0 Å². The maximum atomic E-state index is 12.2. The van der Waals surface area contributed by atoms with Gasteiger partial charge < -0.3 is 10.6 Å². The third-order valence-corrected chi connectivity index (χ3v) is 3.12. The average Bonchev–Trinajstić information content (AvgIpc) is 3.19. The number of nitrogens with two attached hydrogens (primary N) is 1. The van der Waals surface area contributed by atoms with Crippen molar-refractivity contribution in [1.82, 2.24) is 9.88 Å². The summed E-state index contributed by atoms with van der Waals surface area (Å²) in [6.07, 6.45) is 4.19. The molecule has 1 fully saturated rings. The third-order valence-electron chi connectivity index (χ3n) is 3.12. The lowest BCUT2D eigenvalue weighted by Crippen LogP contribution is -2.33. The minimum absolute atomic E-state index is 0.0305. The van der Waals surface area contributed by atoms with Crippen molar-refractivity contribution in [3.8, 4) is 0 Å². The van der Waals surface area contributed by atoms with Crippen LogP contribution in [0.5, 0.6) is 0 Å². The molecule has 0 spiro atoms. The van der Waals surface area contributed by atoms with E-state index in [1.165, 1.54) is 12.8 Å². The predicted molar refractivity (Wildman–Crippen MR) is 66.4 cm³/mol. The lowest BCUT2D eigenvalue weighted by atomic mass is 10.2. The summed E-state index contributed by atoms with van der Waals surface area (Å²) >= 11 is 0. The van der Waals surface area contributed by atoms with Gasteiger partial charge in [0.05, 0.1) is 0 Å². The van der Waals surface area contributed by atoms with Crippen LogP contribution in [0.4, 0.5) is 0 Å². The van der Waals surface area contributed by atoms with Crippen LogP contribution in [-0.2, 0) is 6.54 Å². The molecular formula is C13H19N3O. The molecule has 0 bridgehead atoms. The monoisotopic (exact) mass is 233 g/mol. The van der Waals surface area contributed by atoms with Gasteiger partial charge in [0, 0.05) is 25.8 Å². The van der Waals surface area contributed by atoms with Crippen LogP contribution in [0.3, 0.4) is 0 Å². The molecule has 4 nitrogen and oxygen atoms in total. The molecule has 0 saturated heterocycles. The van der Waals surface area contributed by atoms with E-state index in [1.807, 2.05) is 17.9 Å². The molecule has 0 unspecified atom stereocenters. The van der Waals surface area contributed by atoms with Crippen LogP contribution in [0, 0.1) is 5.92 Å². The molecule has 1 aliphatic rings. The van der Waals surface area contributed by atoms with Crippen LogP contribution in [-0.4, -0.2) is 28.9 Å². The number of hydrogen-bond acceptors (Lipinski definition) is 3. The van der Waals surface area contributed by atoms with Crippen LogP contribution in [0.1, 0.15) is 35.8 Å². The van der Waals surface area contributed by atoms with Crippen molar-refractivity contribution in [3.63, 3.8) is 0 Å². The number of nitrogens with zero attached hydrogens (tertiary/aromatic N) is 2. The van der Waals surface area contributed by atoms with Crippen molar-refractivity contribution < 1.29 is 4.79 Å². The maximum absolute atomic E-state index is 12.2. The number of aromatic nitrogens is 1. The molecule has 0 aromatic carbocycles. The summed E-state index contributed by atoms with van der Waals surface area (Å²) in [5, 5.41) is 0. The highest BCUT2D eigenvalue weighted by Gasteiger charge is 2.26. The fraction of sp³-hybridized carbons (Fsp3) is 0.538. The highest BCUT2D eigenvalue weighted by atomic mass is 16.2. The smallest absolute Gasteiger partial charge is 0.272 e. The molecule has 2 rings (SSSR count). The average molecular weight is 233 g/mol. The second kappa shape index (κ2) is 5.27. The normalized spacial score (nSPS) is 14.7. The van der Waals surface area contributed by atoms with Crippen LogP contribution < -0.4 is 5.73 Å². The Morgan fingerprint density at radius 3 is 2.76 bits per heavy atom. The molecule has 0 radical (unpaired) electrons. The van der Waals surface area contributed by atoms with Crippen LogP contribution in [0.2, 0.25) is 0 Å². The van der Waals surface area contributed by atoms with E-state index in [1.54, 1.807) is 12.3 Å². The minimum atomic E-state index is 0.0305. The largest absolute Gasteiger partial charge is 0.337 e. The summed E-state index contributed by atoms with van der Waals surface area (Å²) in [6.45, 7) is 4.08. The number of amides is 1. The van der Waals surface area contributed by atoms with E-state index in [4.69, 9.17) is 5.73 Å². The topological polar surface area (TPSA) is 59.2 Å². The van der Waals surface area contributed by atoms with Gasteiger partial charge >= 0.3 is 0 Å². The highest BCUT2D eigenvalue weighted by molar-refractivity contribution is 5.92. The van der Waals surface area contributed by atoms with Gasteiger partial charge in [0.15, 0.2) is 0 Å². The number of pyridine rings is 1. The van der Waals surface area contributed by atoms with Gasteiger partial charge in [-0.1, -0.05) is 6.07 Å². The second-order valence-corrected chi connectivity index (χ2v) is 4.54. The summed E-state index contributed by atoms with van der Waals surface area (Å²) in [7, 11) is 0. The first kappa shape index (κ1) is 12.0. The molecular weight excluding hydrogens is 214 g/mol. The van der Waals surface area contributed by atoms with Gasteiger partial charge in [0.2, 0.25) is 0 Å². The zero-order chi connectivity index (χ0) is 12.3. The van der Waals surface area contributed by atoms with E-state index in [2.05, 4.69) is 4.98 Å². The molecule has 1 saturated carbocycles. The summed E-state index contributed by atoms with van der Waals surface area (Å²) in [5.74, 6) is 0.741. The van der Waals surface area contributed by atoms with Crippen LogP contribution >= 0.6 is 0 Å². The van der Waals surface area contributed by atoms with Gasteiger partial charge in [0.25, 0.3) is 5.91 Å². The lowest BCUT2D eigenvalue weighted by molar-refractivity contribution is 0.0751. The molecule has 17 heavy (non-hydrogen) atoms. The van der Waals surface area contributed by atoms with Gasteiger partial charge in [-0.3, -0.25) is 9.78 Å². The van der Waals surface area contributed by atoms with Crippen molar-refractivity contribution in [2.24, 2.45) is 11.7 Å². The maximum Gasteiger partial charge on any atom is 0.272 e. The number of rotatable bonds is 5. The fourth-order valence-electron chi connectivity index (χ4n) is 1.80. The Hall–Kier alpha value is -1.42. The summed E-state index contributed by atoms with van der Waals surface area (Å²) in [5.41, 5.74) is 6.97. The second-order valence-electron chi connectivity index (χ2n) is 4.54. The minimum Gasteiger partial charge on any atom is -0.337 e. The van der Waals surface area contributed by atoms with E-state index in [-0.39, 0.29) is 5.91 Å². The van der Waals surface area contributed by atoms with E-state index in [9.17, 15) is 4.79 Å². The Morgan fingerprint density at radius 1 is 1.53 bits per heavy atom. The highest BCUT2D eigenvalue weighted by Crippen LogP contribution is 2.29. The predicted octanol–water partition coefficient (Wildman–Crippen LogP) is 1.41. The molecule has 4 heteroatoms. The quantitative estimate of drug-likeness (QED) is 0.836. The molecule has 92 valence electrons. The molecule has 2 N–H and O–H groups in total. The first-order valence-corrected chi connectivity index (χ1v) is 6.19. The van der Waals surface area contributed by atoms with Gasteiger partial charge in [0.1, 0.15) is 5.69 Å². The molecule has 1 aromatic rings. The summed E-state index contributed by atoms with van der Waals surface area (Å²) < 4.78 is 0. The van der Waals surface area contributed by atoms with Gasteiger partial charge in [-0.15, -0.1) is 0 Å². The van der Waals surface area contributed by atoms with E-state index >= 15 is 0 Å². The number of hydrogen-bond donors (Lipinski definition) is 1. The van der Waals surface area contributed by atoms with Crippen molar-refractivity contribution in [3.05, 3.63) is 29.6 Å².